The number of hydrogen-bond donors (Lipinski definition) is 4. The molecule has 0 aliphatic rings. The lowest BCUT2D eigenvalue weighted by Gasteiger charge is -2.10. The summed E-state index contributed by atoms with van der Waals surface area (Å²) in [5, 5.41) is 0.455. The molecule has 0 atom stereocenters. The van der Waals surface area contributed by atoms with Crippen molar-refractivity contribution in [1.29, 1.82) is 0 Å². The first kappa shape index (κ1) is 21.1. The summed E-state index contributed by atoms with van der Waals surface area (Å²) < 4.78 is 27.5. The van der Waals surface area contributed by atoms with Crippen molar-refractivity contribution in [3.05, 3.63) is 93.4 Å². The Kier molecular flexibility index (Phi) is 6.19. The summed E-state index contributed by atoms with van der Waals surface area (Å²) in [5.41, 5.74) is 3.71. The Bertz CT molecular complexity index is 1260. The molecule has 154 valence electrons. The molecule has 0 fully saturated rings. The van der Waals surface area contributed by atoms with Crippen molar-refractivity contribution in [1.82, 2.24) is 15.8 Å². The zero-order valence-electron chi connectivity index (χ0n) is 15.2. The first-order valence-corrected chi connectivity index (χ1v) is 10.3. The minimum atomic E-state index is -3.97. The summed E-state index contributed by atoms with van der Waals surface area (Å²) >= 11 is 5.78. The molecule has 3 rings (SSSR count). The molecule has 4 N–H and O–H groups in total. The Balaban J connectivity index is 1.71. The highest BCUT2D eigenvalue weighted by Gasteiger charge is 2.17. The molecule has 0 saturated heterocycles. The van der Waals surface area contributed by atoms with Crippen LogP contribution in [0.1, 0.15) is 20.7 Å². The summed E-state index contributed by atoms with van der Waals surface area (Å²) in [4.78, 5) is 38.1. The highest BCUT2D eigenvalue weighted by molar-refractivity contribution is 7.92. The van der Waals surface area contributed by atoms with Crippen LogP contribution in [0.4, 0.5) is 5.69 Å². The van der Waals surface area contributed by atoms with E-state index in [1.807, 2.05) is 0 Å². The molecule has 0 radical (unpaired) electrons. The van der Waals surface area contributed by atoms with Gasteiger partial charge in [0.2, 0.25) is 0 Å². The van der Waals surface area contributed by atoms with E-state index in [-0.39, 0.29) is 16.0 Å². The minimum Gasteiger partial charge on any atom is -0.328 e. The summed E-state index contributed by atoms with van der Waals surface area (Å²) in [6, 6.07) is 14.0. The number of aromatic nitrogens is 1. The fourth-order valence-electron chi connectivity index (χ4n) is 2.39. The maximum Gasteiger partial charge on any atom is 0.275 e. The Labute approximate surface area is 176 Å². The van der Waals surface area contributed by atoms with Gasteiger partial charge >= 0.3 is 0 Å². The number of halogens is 1. The molecule has 0 unspecified atom stereocenters. The zero-order chi connectivity index (χ0) is 21.7. The molecule has 0 saturated carbocycles. The van der Waals surface area contributed by atoms with E-state index in [9.17, 15) is 22.8 Å². The lowest BCUT2D eigenvalue weighted by molar-refractivity contribution is 0.0845. The van der Waals surface area contributed by atoms with Crippen LogP contribution in [-0.2, 0) is 10.0 Å². The first-order valence-electron chi connectivity index (χ1n) is 8.43. The molecule has 1 aromatic heterocycles. The second-order valence-electron chi connectivity index (χ2n) is 5.96. The first-order chi connectivity index (χ1) is 14.3. The number of anilines is 1. The van der Waals surface area contributed by atoms with Gasteiger partial charge in [-0.15, -0.1) is 0 Å². The van der Waals surface area contributed by atoms with Gasteiger partial charge in [0, 0.05) is 22.5 Å². The number of carbonyl (C=O) groups excluding carboxylic acids is 2. The molecule has 0 spiro atoms. The van der Waals surface area contributed by atoms with Crippen LogP contribution in [0.5, 0.6) is 0 Å². The summed E-state index contributed by atoms with van der Waals surface area (Å²) in [6.07, 6.45) is 1.36. The Morgan fingerprint density at radius 1 is 0.900 bits per heavy atom. The third-order valence-electron chi connectivity index (χ3n) is 3.86. The number of rotatable bonds is 5. The number of benzene rings is 2. The average Bonchev–Trinajstić information content (AvgIpc) is 2.73. The van der Waals surface area contributed by atoms with Gasteiger partial charge in [0.25, 0.3) is 27.4 Å². The molecule has 2 amide bonds. The van der Waals surface area contributed by atoms with Gasteiger partial charge in [-0.3, -0.25) is 30.0 Å². The van der Waals surface area contributed by atoms with Gasteiger partial charge in [0.1, 0.15) is 5.56 Å². The van der Waals surface area contributed by atoms with Crippen molar-refractivity contribution in [2.75, 3.05) is 4.72 Å². The van der Waals surface area contributed by atoms with Crippen molar-refractivity contribution >= 4 is 39.1 Å². The van der Waals surface area contributed by atoms with Crippen molar-refractivity contribution in [2.45, 2.75) is 4.90 Å². The number of carbonyl (C=O) groups is 2. The fourth-order valence-corrected chi connectivity index (χ4v) is 3.62. The van der Waals surface area contributed by atoms with E-state index in [0.29, 0.717) is 10.7 Å². The van der Waals surface area contributed by atoms with Gasteiger partial charge in [-0.25, -0.2) is 8.42 Å². The maximum atomic E-state index is 12.6. The van der Waals surface area contributed by atoms with E-state index in [2.05, 4.69) is 20.6 Å². The van der Waals surface area contributed by atoms with Crippen LogP contribution in [0.15, 0.2) is 76.6 Å². The predicted molar refractivity (Wildman–Crippen MR) is 111 cm³/mol. The van der Waals surface area contributed by atoms with E-state index in [0.717, 1.165) is 6.07 Å². The van der Waals surface area contributed by atoms with E-state index in [1.165, 1.54) is 60.8 Å². The van der Waals surface area contributed by atoms with Gasteiger partial charge in [-0.05, 0) is 54.6 Å². The number of hydrazine groups is 1. The number of pyridine rings is 1. The summed E-state index contributed by atoms with van der Waals surface area (Å²) in [5.74, 6) is -1.59. The van der Waals surface area contributed by atoms with Crippen LogP contribution in [0.3, 0.4) is 0 Å². The molecule has 1 heterocycles. The molecule has 0 aliphatic heterocycles. The number of sulfonamides is 1. The minimum absolute atomic E-state index is 0.0174. The van der Waals surface area contributed by atoms with Crippen LogP contribution in [0, 0.1) is 0 Å². The number of aromatic amines is 1. The van der Waals surface area contributed by atoms with Crippen LogP contribution in [0.25, 0.3) is 0 Å². The predicted octanol–water partition coefficient (Wildman–Crippen LogP) is 1.90. The van der Waals surface area contributed by atoms with E-state index < -0.39 is 27.4 Å². The van der Waals surface area contributed by atoms with Gasteiger partial charge < -0.3 is 4.98 Å². The van der Waals surface area contributed by atoms with Crippen LogP contribution in [-0.4, -0.2) is 25.2 Å². The number of amides is 2. The number of nitrogens with one attached hydrogen (secondary N) is 4. The molecular formula is C19H15ClN4O5S. The second-order valence-corrected chi connectivity index (χ2v) is 8.08. The lowest BCUT2D eigenvalue weighted by Crippen LogP contribution is -2.43. The van der Waals surface area contributed by atoms with Crippen molar-refractivity contribution < 1.29 is 18.0 Å². The third-order valence-corrected chi connectivity index (χ3v) is 5.49. The monoisotopic (exact) mass is 446 g/mol. The van der Waals surface area contributed by atoms with Crippen molar-refractivity contribution in [2.24, 2.45) is 0 Å². The smallest absolute Gasteiger partial charge is 0.275 e. The van der Waals surface area contributed by atoms with Crippen LogP contribution >= 0.6 is 11.6 Å². The molecule has 2 aromatic carbocycles. The van der Waals surface area contributed by atoms with Crippen LogP contribution in [0.2, 0.25) is 5.02 Å². The second kappa shape index (κ2) is 8.80. The quantitative estimate of drug-likeness (QED) is 0.443. The molecule has 11 heteroatoms. The maximum absolute atomic E-state index is 12.6. The molecule has 9 nitrogen and oxygen atoms in total. The van der Waals surface area contributed by atoms with Gasteiger partial charge in [0.05, 0.1) is 4.90 Å². The largest absolute Gasteiger partial charge is 0.328 e. The van der Waals surface area contributed by atoms with E-state index >= 15 is 0 Å². The molecule has 3 aromatic rings. The van der Waals surface area contributed by atoms with Crippen molar-refractivity contribution in [3.8, 4) is 0 Å². The topological polar surface area (TPSA) is 137 Å². The molecule has 30 heavy (non-hydrogen) atoms. The Morgan fingerprint density at radius 2 is 1.60 bits per heavy atom. The molecular weight excluding hydrogens is 432 g/mol. The van der Waals surface area contributed by atoms with Gasteiger partial charge in [-0.2, -0.15) is 0 Å². The normalized spacial score (nSPS) is 10.8. The number of hydrogen-bond acceptors (Lipinski definition) is 5. The standard InChI is InChI=1S/C19H15ClN4O5S/c20-13-6-8-14(9-7-13)24-30(28,29)15-4-1-3-12(11-15)17(25)22-23-19(27)16-5-2-10-21-18(16)26/h1-11,24H,(H,21,26)(H,22,25)(H,23,27). The SMILES string of the molecule is O=C(NNC(=O)c1ccc[nH]c1=O)c1cccc(S(=O)(=O)Nc2ccc(Cl)cc2)c1. The molecule has 0 aliphatic carbocycles. The van der Waals surface area contributed by atoms with Crippen molar-refractivity contribution in [3.63, 3.8) is 0 Å². The average molecular weight is 447 g/mol. The Hall–Kier alpha value is -3.63. The highest BCUT2D eigenvalue weighted by atomic mass is 35.5. The van der Waals surface area contributed by atoms with E-state index in [4.69, 9.17) is 11.6 Å². The van der Waals surface area contributed by atoms with Crippen LogP contribution < -0.4 is 21.1 Å². The lowest BCUT2D eigenvalue weighted by atomic mass is 10.2. The summed E-state index contributed by atoms with van der Waals surface area (Å²) in [7, 11) is -3.97. The highest BCUT2D eigenvalue weighted by Crippen LogP contribution is 2.19. The Morgan fingerprint density at radius 3 is 2.30 bits per heavy atom. The van der Waals surface area contributed by atoms with E-state index in [1.54, 1.807) is 0 Å². The third kappa shape index (κ3) is 5.04. The van der Waals surface area contributed by atoms with Gasteiger partial charge in [-0.1, -0.05) is 17.7 Å². The van der Waals surface area contributed by atoms with Gasteiger partial charge in [0.15, 0.2) is 0 Å². The zero-order valence-corrected chi connectivity index (χ0v) is 16.8. The number of H-pyrrole nitrogens is 1. The summed E-state index contributed by atoms with van der Waals surface area (Å²) in [6.45, 7) is 0. The molecule has 0 bridgehead atoms. The fraction of sp³-hybridized carbons (Fsp3) is 0.